The highest BCUT2D eigenvalue weighted by molar-refractivity contribution is 6.03. The fraction of sp³-hybridized carbons (Fsp3) is 0.421. The first kappa shape index (κ1) is 19.5. The Morgan fingerprint density at radius 2 is 1.93 bits per heavy atom. The maximum atomic E-state index is 12.7. The number of hydrogen-bond acceptors (Lipinski definition) is 7. The first-order valence-corrected chi connectivity index (χ1v) is 8.82. The normalized spacial score (nSPS) is 23.2. The molecule has 148 valence electrons. The second-order valence-electron chi connectivity index (χ2n) is 6.88. The smallest absolute Gasteiger partial charge is 0.355 e. The minimum atomic E-state index is -1.09. The number of nitrogens with zero attached hydrogens (tertiary/aromatic N) is 2. The molecular weight excluding hydrogens is 368 g/mol. The molecule has 1 unspecified atom stereocenters. The number of nitro groups is 1. The number of amides is 1. The van der Waals surface area contributed by atoms with Gasteiger partial charge in [-0.15, -0.1) is 0 Å². The standard InChI is InChI=1S/C19H20N2O7/c1-4-27-18(24)19(3)11(2)16(20-14(19)9-15(20)22)17(23)28-10-12-5-7-13(8-6-12)21(25)26/h5-8,14H,4,9-10H2,1-3H3/t14-,19?/m0/s1. The minimum absolute atomic E-state index is 0.0661. The van der Waals surface area contributed by atoms with Crippen LogP contribution in [0.2, 0.25) is 0 Å². The van der Waals surface area contributed by atoms with Crippen LogP contribution >= 0.6 is 0 Å². The van der Waals surface area contributed by atoms with E-state index < -0.39 is 28.3 Å². The van der Waals surface area contributed by atoms with Gasteiger partial charge in [0.2, 0.25) is 5.91 Å². The lowest BCUT2D eigenvalue weighted by atomic mass is 9.74. The zero-order chi connectivity index (χ0) is 20.6. The Morgan fingerprint density at radius 3 is 2.46 bits per heavy atom. The Labute approximate surface area is 161 Å². The van der Waals surface area contributed by atoms with Crippen molar-refractivity contribution < 1.29 is 28.8 Å². The lowest BCUT2D eigenvalue weighted by Crippen LogP contribution is -2.57. The van der Waals surface area contributed by atoms with E-state index in [1.165, 1.54) is 29.2 Å². The van der Waals surface area contributed by atoms with Crippen molar-refractivity contribution in [3.8, 4) is 0 Å². The van der Waals surface area contributed by atoms with Crippen molar-refractivity contribution >= 4 is 23.5 Å². The van der Waals surface area contributed by atoms with Crippen LogP contribution in [0.15, 0.2) is 35.5 Å². The summed E-state index contributed by atoms with van der Waals surface area (Å²) < 4.78 is 10.5. The summed E-state index contributed by atoms with van der Waals surface area (Å²) in [5.41, 5.74) is -0.0845. The summed E-state index contributed by atoms with van der Waals surface area (Å²) in [6.07, 6.45) is 0.159. The molecule has 9 nitrogen and oxygen atoms in total. The quantitative estimate of drug-likeness (QED) is 0.317. The van der Waals surface area contributed by atoms with Gasteiger partial charge in [-0.2, -0.15) is 0 Å². The first-order chi connectivity index (χ1) is 13.2. The van der Waals surface area contributed by atoms with Gasteiger partial charge in [-0.25, -0.2) is 4.79 Å². The Hall–Kier alpha value is -3.23. The number of nitro benzene ring substituents is 1. The van der Waals surface area contributed by atoms with Crippen molar-refractivity contribution in [2.75, 3.05) is 6.61 Å². The van der Waals surface area contributed by atoms with E-state index in [4.69, 9.17) is 9.47 Å². The third kappa shape index (κ3) is 2.92. The molecule has 1 amide bonds. The SMILES string of the molecule is CCOC(=O)C1(C)C(C)=C(C(=O)OCc2ccc([N+](=O)[O-])cc2)N2C(=O)C[C@H]21. The summed E-state index contributed by atoms with van der Waals surface area (Å²) in [6.45, 7) is 5.07. The van der Waals surface area contributed by atoms with Crippen molar-refractivity contribution in [2.45, 2.75) is 39.8 Å². The fourth-order valence-electron chi connectivity index (χ4n) is 3.59. The summed E-state index contributed by atoms with van der Waals surface area (Å²) in [5, 5.41) is 10.7. The van der Waals surface area contributed by atoms with Gasteiger partial charge in [-0.3, -0.25) is 19.7 Å². The molecule has 28 heavy (non-hydrogen) atoms. The predicted molar refractivity (Wildman–Crippen MR) is 95.6 cm³/mol. The molecule has 1 aromatic rings. The summed E-state index contributed by atoms with van der Waals surface area (Å²) >= 11 is 0. The third-order valence-electron chi connectivity index (χ3n) is 5.40. The van der Waals surface area contributed by atoms with E-state index in [1.807, 2.05) is 0 Å². The van der Waals surface area contributed by atoms with Gasteiger partial charge in [-0.1, -0.05) is 0 Å². The topological polar surface area (TPSA) is 116 Å². The van der Waals surface area contributed by atoms with Crippen LogP contribution in [0.25, 0.3) is 0 Å². The Kier molecular flexibility index (Phi) is 4.93. The summed E-state index contributed by atoms with van der Waals surface area (Å²) in [4.78, 5) is 48.7. The van der Waals surface area contributed by atoms with Gasteiger partial charge in [0.1, 0.15) is 17.7 Å². The molecule has 1 fully saturated rings. The van der Waals surface area contributed by atoms with E-state index in [0.717, 1.165) is 0 Å². The number of β-lactam (4-membered cyclic amide) rings is 1. The van der Waals surface area contributed by atoms with Crippen molar-refractivity contribution in [3.05, 3.63) is 51.2 Å². The van der Waals surface area contributed by atoms with Gasteiger partial charge < -0.3 is 14.4 Å². The molecule has 3 rings (SSSR count). The second-order valence-corrected chi connectivity index (χ2v) is 6.88. The first-order valence-electron chi connectivity index (χ1n) is 8.82. The number of carbonyl (C=O) groups excluding carboxylic acids is 3. The van der Waals surface area contributed by atoms with Crippen molar-refractivity contribution in [1.29, 1.82) is 0 Å². The highest BCUT2D eigenvalue weighted by Gasteiger charge is 2.62. The van der Waals surface area contributed by atoms with Crippen LogP contribution in [0.4, 0.5) is 5.69 Å². The highest BCUT2D eigenvalue weighted by Crippen LogP contribution is 2.51. The van der Waals surface area contributed by atoms with Crippen LogP contribution in [-0.4, -0.2) is 40.3 Å². The molecule has 0 aliphatic carbocycles. The number of hydrogen-bond donors (Lipinski definition) is 0. The highest BCUT2D eigenvalue weighted by atomic mass is 16.6. The van der Waals surface area contributed by atoms with Crippen molar-refractivity contribution in [3.63, 3.8) is 0 Å². The van der Waals surface area contributed by atoms with E-state index in [0.29, 0.717) is 11.1 Å². The monoisotopic (exact) mass is 388 g/mol. The molecule has 9 heteroatoms. The molecule has 1 saturated heterocycles. The average Bonchev–Trinajstić information content (AvgIpc) is 2.85. The number of esters is 2. The van der Waals surface area contributed by atoms with Gasteiger partial charge >= 0.3 is 11.9 Å². The second kappa shape index (κ2) is 7.06. The van der Waals surface area contributed by atoms with Crippen LogP contribution in [0.5, 0.6) is 0 Å². The molecule has 0 radical (unpaired) electrons. The zero-order valence-corrected chi connectivity index (χ0v) is 15.8. The molecule has 0 aromatic heterocycles. The molecule has 0 spiro atoms. The number of rotatable bonds is 6. The van der Waals surface area contributed by atoms with E-state index >= 15 is 0 Å². The lowest BCUT2D eigenvalue weighted by molar-refractivity contribution is -0.384. The maximum absolute atomic E-state index is 12.7. The summed E-state index contributed by atoms with van der Waals surface area (Å²) in [6, 6.07) is 5.15. The minimum Gasteiger partial charge on any atom is -0.465 e. The van der Waals surface area contributed by atoms with Crippen LogP contribution < -0.4 is 0 Å². The van der Waals surface area contributed by atoms with E-state index in [9.17, 15) is 24.5 Å². The lowest BCUT2D eigenvalue weighted by Gasteiger charge is -2.42. The molecule has 0 saturated carbocycles. The average molecular weight is 388 g/mol. The summed E-state index contributed by atoms with van der Waals surface area (Å²) in [7, 11) is 0. The van der Waals surface area contributed by atoms with Gasteiger partial charge in [0.05, 0.1) is 17.6 Å². The molecule has 2 aliphatic rings. The number of carbonyl (C=O) groups is 3. The summed E-state index contributed by atoms with van der Waals surface area (Å²) in [5.74, 6) is -1.45. The largest absolute Gasteiger partial charge is 0.465 e. The molecule has 2 aliphatic heterocycles. The Balaban J connectivity index is 1.79. The Bertz CT molecular complexity index is 890. The van der Waals surface area contributed by atoms with Crippen molar-refractivity contribution in [1.82, 2.24) is 4.90 Å². The van der Waals surface area contributed by atoms with E-state index in [2.05, 4.69) is 0 Å². The molecule has 0 bridgehead atoms. The van der Waals surface area contributed by atoms with Gasteiger partial charge in [-0.05, 0) is 44.0 Å². The predicted octanol–water partition coefficient (Wildman–Crippen LogP) is 2.10. The maximum Gasteiger partial charge on any atom is 0.355 e. The Morgan fingerprint density at radius 1 is 1.29 bits per heavy atom. The molecule has 2 heterocycles. The van der Waals surface area contributed by atoms with Crippen LogP contribution in [-0.2, 0) is 30.5 Å². The van der Waals surface area contributed by atoms with Crippen LogP contribution in [0, 0.1) is 15.5 Å². The van der Waals surface area contributed by atoms with Gasteiger partial charge in [0.15, 0.2) is 0 Å². The van der Waals surface area contributed by atoms with Gasteiger partial charge in [0, 0.05) is 18.6 Å². The van der Waals surface area contributed by atoms with Crippen LogP contribution in [0.3, 0.4) is 0 Å². The van der Waals surface area contributed by atoms with Crippen molar-refractivity contribution in [2.24, 2.45) is 5.41 Å². The molecule has 1 aromatic carbocycles. The number of non-ortho nitro benzene ring substituents is 1. The number of ether oxygens (including phenoxy) is 2. The molecule has 2 atom stereocenters. The third-order valence-corrected chi connectivity index (χ3v) is 5.40. The number of benzene rings is 1. The molecular formula is C19H20N2O7. The van der Waals surface area contributed by atoms with Crippen LogP contribution in [0.1, 0.15) is 32.8 Å². The zero-order valence-electron chi connectivity index (χ0n) is 15.8. The fourth-order valence-corrected chi connectivity index (χ4v) is 3.59. The van der Waals surface area contributed by atoms with Gasteiger partial charge in [0.25, 0.3) is 5.69 Å². The van der Waals surface area contributed by atoms with E-state index in [1.54, 1.807) is 20.8 Å². The number of fused-ring (bicyclic) bond motifs is 1. The van der Waals surface area contributed by atoms with E-state index in [-0.39, 0.29) is 36.9 Å². The molecule has 0 N–H and O–H groups in total.